The Morgan fingerprint density at radius 3 is 2.94 bits per heavy atom. The Kier molecular flexibility index (Phi) is 6.52. The van der Waals surface area contributed by atoms with E-state index in [2.05, 4.69) is 24.5 Å². The van der Waals surface area contributed by atoms with Crippen molar-refractivity contribution in [1.82, 2.24) is 10.6 Å². The number of nitrogens with two attached hydrogens (primary N) is 1. The first-order valence-electron chi connectivity index (χ1n) is 6.91. The van der Waals surface area contributed by atoms with Crippen molar-refractivity contribution in [3.05, 3.63) is 0 Å². The molecule has 1 unspecified atom stereocenters. The Balaban J connectivity index is 2.35. The average molecular weight is 241 g/mol. The van der Waals surface area contributed by atoms with Crippen LogP contribution in [0.3, 0.4) is 0 Å². The summed E-state index contributed by atoms with van der Waals surface area (Å²) in [6, 6.07) is 0.610. The van der Waals surface area contributed by atoms with Crippen molar-refractivity contribution in [1.29, 1.82) is 0 Å². The van der Waals surface area contributed by atoms with E-state index in [4.69, 9.17) is 5.73 Å². The number of nitrogens with one attached hydrogen (secondary N) is 2. The second-order valence-corrected chi connectivity index (χ2v) is 5.16. The third-order valence-electron chi connectivity index (χ3n) is 3.53. The first kappa shape index (κ1) is 14.5. The van der Waals surface area contributed by atoms with E-state index in [1.165, 1.54) is 0 Å². The van der Waals surface area contributed by atoms with Gasteiger partial charge in [-0.25, -0.2) is 0 Å². The molecule has 1 aliphatic heterocycles. The molecule has 0 saturated carbocycles. The highest BCUT2D eigenvalue weighted by molar-refractivity contribution is 5.79. The van der Waals surface area contributed by atoms with E-state index in [9.17, 15) is 4.79 Å². The molecule has 1 fully saturated rings. The van der Waals surface area contributed by atoms with Crippen molar-refractivity contribution in [3.8, 4) is 0 Å². The lowest BCUT2D eigenvalue weighted by Gasteiger charge is -2.28. The van der Waals surface area contributed by atoms with Crippen LogP contribution < -0.4 is 16.4 Å². The van der Waals surface area contributed by atoms with Crippen LogP contribution in [0.4, 0.5) is 0 Å². The van der Waals surface area contributed by atoms with Gasteiger partial charge in [0.2, 0.25) is 5.91 Å². The van der Waals surface area contributed by atoms with Gasteiger partial charge < -0.3 is 16.4 Å². The first-order chi connectivity index (χ1) is 8.17. The maximum Gasteiger partial charge on any atom is 0.223 e. The SMILES string of the molecule is CCCCC(CN)NC(=O)[C@H]1CCN[C@@H](C)C1. The molecule has 0 aromatic carbocycles. The molecule has 1 rings (SSSR count). The second kappa shape index (κ2) is 7.67. The molecule has 0 aromatic heterocycles. The van der Waals surface area contributed by atoms with Gasteiger partial charge >= 0.3 is 0 Å². The predicted octanol–water partition coefficient (Wildman–Crippen LogP) is 1.01. The second-order valence-electron chi connectivity index (χ2n) is 5.16. The Morgan fingerprint density at radius 2 is 2.35 bits per heavy atom. The van der Waals surface area contributed by atoms with Crippen LogP contribution in [0.5, 0.6) is 0 Å². The highest BCUT2D eigenvalue weighted by Crippen LogP contribution is 2.16. The van der Waals surface area contributed by atoms with Crippen LogP contribution in [0.1, 0.15) is 46.0 Å². The zero-order chi connectivity index (χ0) is 12.7. The summed E-state index contributed by atoms with van der Waals surface area (Å²) in [7, 11) is 0. The molecular weight excluding hydrogens is 214 g/mol. The molecule has 17 heavy (non-hydrogen) atoms. The van der Waals surface area contributed by atoms with E-state index in [-0.39, 0.29) is 17.9 Å². The lowest BCUT2D eigenvalue weighted by molar-refractivity contribution is -0.126. The lowest BCUT2D eigenvalue weighted by atomic mass is 9.92. The Hall–Kier alpha value is -0.610. The number of unbranched alkanes of at least 4 members (excludes halogenated alkanes) is 1. The minimum absolute atomic E-state index is 0.160. The van der Waals surface area contributed by atoms with E-state index in [0.717, 1.165) is 38.6 Å². The maximum absolute atomic E-state index is 12.1. The summed E-state index contributed by atoms with van der Waals surface area (Å²) in [5.41, 5.74) is 5.69. The number of rotatable bonds is 6. The minimum Gasteiger partial charge on any atom is -0.352 e. The molecule has 4 N–H and O–H groups in total. The van der Waals surface area contributed by atoms with Crippen molar-refractivity contribution >= 4 is 5.91 Å². The minimum atomic E-state index is 0.160. The van der Waals surface area contributed by atoms with Crippen LogP contribution in [0.25, 0.3) is 0 Å². The van der Waals surface area contributed by atoms with E-state index in [1.807, 2.05) is 0 Å². The molecule has 0 aromatic rings. The van der Waals surface area contributed by atoms with Crippen LogP contribution in [-0.2, 0) is 4.79 Å². The quantitative estimate of drug-likeness (QED) is 0.650. The van der Waals surface area contributed by atoms with Crippen LogP contribution in [-0.4, -0.2) is 31.1 Å². The number of carbonyl (C=O) groups excluding carboxylic acids is 1. The molecule has 1 saturated heterocycles. The zero-order valence-electron chi connectivity index (χ0n) is 11.2. The van der Waals surface area contributed by atoms with Gasteiger partial charge in [0.05, 0.1) is 0 Å². The van der Waals surface area contributed by atoms with Crippen LogP contribution >= 0.6 is 0 Å². The summed E-state index contributed by atoms with van der Waals surface area (Å²) >= 11 is 0. The van der Waals surface area contributed by atoms with Gasteiger partial charge in [-0.3, -0.25) is 4.79 Å². The van der Waals surface area contributed by atoms with Crippen molar-refractivity contribution in [3.63, 3.8) is 0 Å². The highest BCUT2D eigenvalue weighted by atomic mass is 16.1. The third kappa shape index (κ3) is 5.04. The zero-order valence-corrected chi connectivity index (χ0v) is 11.2. The van der Waals surface area contributed by atoms with Crippen molar-refractivity contribution in [2.24, 2.45) is 11.7 Å². The van der Waals surface area contributed by atoms with Gasteiger partial charge in [0.15, 0.2) is 0 Å². The monoisotopic (exact) mass is 241 g/mol. The standard InChI is InChI=1S/C13H27N3O/c1-3-4-5-12(9-14)16-13(17)11-6-7-15-10(2)8-11/h10-12,15H,3-9,14H2,1-2H3,(H,16,17)/t10-,11-,12?/m0/s1. The van der Waals surface area contributed by atoms with Gasteiger partial charge in [0.25, 0.3) is 0 Å². The van der Waals surface area contributed by atoms with Crippen LogP contribution in [0, 0.1) is 5.92 Å². The van der Waals surface area contributed by atoms with E-state index >= 15 is 0 Å². The van der Waals surface area contributed by atoms with Crippen LogP contribution in [0.2, 0.25) is 0 Å². The molecule has 1 aliphatic rings. The van der Waals surface area contributed by atoms with Gasteiger partial charge in [-0.2, -0.15) is 0 Å². The molecule has 0 aliphatic carbocycles. The third-order valence-corrected chi connectivity index (χ3v) is 3.53. The summed E-state index contributed by atoms with van der Waals surface area (Å²) in [5, 5.41) is 6.46. The molecule has 100 valence electrons. The summed E-state index contributed by atoms with van der Waals surface area (Å²) < 4.78 is 0. The van der Waals surface area contributed by atoms with Gasteiger partial charge in [-0.05, 0) is 32.7 Å². The smallest absolute Gasteiger partial charge is 0.223 e. The molecule has 1 heterocycles. The van der Waals surface area contributed by atoms with Gasteiger partial charge in [-0.1, -0.05) is 19.8 Å². The number of amides is 1. The van der Waals surface area contributed by atoms with Crippen molar-refractivity contribution in [2.75, 3.05) is 13.1 Å². The largest absolute Gasteiger partial charge is 0.352 e. The fraction of sp³-hybridized carbons (Fsp3) is 0.923. The summed E-state index contributed by atoms with van der Waals surface area (Å²) in [6.45, 7) is 5.79. The first-order valence-corrected chi connectivity index (χ1v) is 6.91. The van der Waals surface area contributed by atoms with Crippen molar-refractivity contribution < 1.29 is 4.79 Å². The van der Waals surface area contributed by atoms with Gasteiger partial charge in [0.1, 0.15) is 0 Å². The average Bonchev–Trinajstić information content (AvgIpc) is 2.34. The molecule has 4 nitrogen and oxygen atoms in total. The van der Waals surface area contributed by atoms with Crippen LogP contribution in [0.15, 0.2) is 0 Å². The van der Waals surface area contributed by atoms with Crippen molar-refractivity contribution in [2.45, 2.75) is 58.0 Å². The number of hydrogen-bond acceptors (Lipinski definition) is 3. The summed E-state index contributed by atoms with van der Waals surface area (Å²) in [6.07, 6.45) is 5.17. The van der Waals surface area contributed by atoms with Gasteiger partial charge in [0, 0.05) is 24.5 Å². The Bertz CT molecular complexity index is 233. The molecule has 4 heteroatoms. The Morgan fingerprint density at radius 1 is 1.59 bits per heavy atom. The Labute approximate surface area is 105 Å². The molecular formula is C13H27N3O. The highest BCUT2D eigenvalue weighted by Gasteiger charge is 2.25. The normalized spacial score (nSPS) is 26.5. The molecule has 0 radical (unpaired) electrons. The fourth-order valence-electron chi connectivity index (χ4n) is 2.39. The predicted molar refractivity (Wildman–Crippen MR) is 70.7 cm³/mol. The lowest BCUT2D eigenvalue weighted by Crippen LogP contribution is -2.47. The molecule has 1 amide bonds. The molecule has 3 atom stereocenters. The number of piperidine rings is 1. The number of hydrogen-bond donors (Lipinski definition) is 3. The number of carbonyl (C=O) groups is 1. The van der Waals surface area contributed by atoms with E-state index in [0.29, 0.717) is 12.6 Å². The van der Waals surface area contributed by atoms with E-state index in [1.54, 1.807) is 0 Å². The summed E-state index contributed by atoms with van der Waals surface area (Å²) in [4.78, 5) is 12.1. The van der Waals surface area contributed by atoms with E-state index < -0.39 is 0 Å². The summed E-state index contributed by atoms with van der Waals surface area (Å²) in [5.74, 6) is 0.367. The fourth-order valence-corrected chi connectivity index (χ4v) is 2.39. The topological polar surface area (TPSA) is 67.1 Å². The van der Waals surface area contributed by atoms with Gasteiger partial charge in [-0.15, -0.1) is 0 Å². The molecule has 0 spiro atoms. The maximum atomic E-state index is 12.1. The molecule has 0 bridgehead atoms.